The van der Waals surface area contributed by atoms with E-state index in [1.165, 1.54) is 18.7 Å². The average Bonchev–Trinajstić information content (AvgIpc) is 2.59. The second kappa shape index (κ2) is 9.70. The highest BCUT2D eigenvalue weighted by molar-refractivity contribution is 6.38. The van der Waals surface area contributed by atoms with Gasteiger partial charge in [0.25, 0.3) is 5.91 Å². The molecule has 0 radical (unpaired) electrons. The molecule has 25 heavy (non-hydrogen) atoms. The summed E-state index contributed by atoms with van der Waals surface area (Å²) in [6.07, 6.45) is 6.73. The minimum Gasteiger partial charge on any atom is -0.460 e. The molecule has 0 spiro atoms. The summed E-state index contributed by atoms with van der Waals surface area (Å²) in [5.41, 5.74) is -1.15. The Hall–Kier alpha value is -1.69. The number of hydrogen-bond acceptors (Lipinski definition) is 5. The number of carbonyl (C=O) groups is 3. The third-order valence-electron chi connectivity index (χ3n) is 4.34. The molecular formula is C19H31NO5. The van der Waals surface area contributed by atoms with Crippen molar-refractivity contribution in [2.75, 3.05) is 19.8 Å². The molecule has 1 aliphatic heterocycles. The number of ketones is 1. The Morgan fingerprint density at radius 1 is 1.24 bits per heavy atom. The second-order valence-corrected chi connectivity index (χ2v) is 7.61. The van der Waals surface area contributed by atoms with Crippen LogP contribution in [0.15, 0.2) is 12.2 Å². The largest absolute Gasteiger partial charge is 0.460 e. The number of piperidine rings is 1. The van der Waals surface area contributed by atoms with Crippen LogP contribution in [-0.4, -0.2) is 53.5 Å². The predicted molar refractivity (Wildman–Crippen MR) is 94.8 cm³/mol. The fraction of sp³-hybridized carbons (Fsp3) is 0.737. The zero-order valence-electron chi connectivity index (χ0n) is 15.8. The van der Waals surface area contributed by atoms with Crippen molar-refractivity contribution in [2.24, 2.45) is 11.3 Å². The average molecular weight is 353 g/mol. The van der Waals surface area contributed by atoms with Gasteiger partial charge < -0.3 is 14.7 Å². The predicted octanol–water partition coefficient (Wildman–Crippen LogP) is 2.10. The molecule has 0 saturated carbocycles. The Bertz CT molecular complexity index is 510. The van der Waals surface area contributed by atoms with Gasteiger partial charge in [0.2, 0.25) is 5.78 Å². The number of ether oxygens (including phenoxy) is 1. The summed E-state index contributed by atoms with van der Waals surface area (Å²) in [4.78, 5) is 38.5. The minimum absolute atomic E-state index is 0.167. The lowest BCUT2D eigenvalue weighted by atomic mass is 9.87. The van der Waals surface area contributed by atoms with Gasteiger partial charge in [-0.3, -0.25) is 9.59 Å². The standard InChI is InChI=1S/C19H31NO5/c1-14(2)9-6-8-12-25-18(24)15-10-5-7-11-20(15)17(23)16(22)19(3,4)13-21/h6,8,14-15,21H,5,7,9-13H2,1-4H3/b8-6+/t15-/m0/s1. The van der Waals surface area contributed by atoms with Gasteiger partial charge in [0.05, 0.1) is 12.0 Å². The third-order valence-corrected chi connectivity index (χ3v) is 4.34. The van der Waals surface area contributed by atoms with Crippen molar-refractivity contribution in [3.05, 3.63) is 12.2 Å². The molecule has 6 heteroatoms. The van der Waals surface area contributed by atoms with E-state index < -0.39 is 35.7 Å². The summed E-state index contributed by atoms with van der Waals surface area (Å²) in [5.74, 6) is -1.32. The molecule has 6 nitrogen and oxygen atoms in total. The van der Waals surface area contributed by atoms with Crippen LogP contribution in [0.2, 0.25) is 0 Å². The van der Waals surface area contributed by atoms with Crippen LogP contribution in [0, 0.1) is 11.3 Å². The molecule has 0 aliphatic carbocycles. The zero-order chi connectivity index (χ0) is 19.0. The van der Waals surface area contributed by atoms with Crippen LogP contribution in [0.4, 0.5) is 0 Å². The molecule has 1 fully saturated rings. The second-order valence-electron chi connectivity index (χ2n) is 7.61. The van der Waals surface area contributed by atoms with Gasteiger partial charge in [-0.25, -0.2) is 4.79 Å². The number of carbonyl (C=O) groups excluding carboxylic acids is 3. The van der Waals surface area contributed by atoms with Crippen molar-refractivity contribution in [1.82, 2.24) is 4.90 Å². The van der Waals surface area contributed by atoms with Crippen molar-refractivity contribution in [3.8, 4) is 0 Å². The van der Waals surface area contributed by atoms with Crippen molar-refractivity contribution in [1.29, 1.82) is 0 Å². The number of hydrogen-bond donors (Lipinski definition) is 1. The molecule has 0 bridgehead atoms. The van der Waals surface area contributed by atoms with E-state index in [4.69, 9.17) is 4.74 Å². The fourth-order valence-electron chi connectivity index (χ4n) is 2.57. The Balaban J connectivity index is 2.69. The SMILES string of the molecule is CC(C)C/C=C/COC(=O)[C@@H]1CCCCN1C(=O)C(=O)C(C)(C)CO. The number of esters is 1. The van der Waals surface area contributed by atoms with Crippen LogP contribution in [0.25, 0.3) is 0 Å². The number of likely N-dealkylation sites (tertiary alicyclic amines) is 1. The van der Waals surface area contributed by atoms with E-state index in [0.717, 1.165) is 19.3 Å². The van der Waals surface area contributed by atoms with Crippen LogP contribution in [0.3, 0.4) is 0 Å². The number of amides is 1. The maximum absolute atomic E-state index is 12.5. The van der Waals surface area contributed by atoms with E-state index in [-0.39, 0.29) is 6.61 Å². The molecule has 1 atom stereocenters. The molecule has 1 heterocycles. The van der Waals surface area contributed by atoms with Crippen molar-refractivity contribution in [3.63, 3.8) is 0 Å². The Morgan fingerprint density at radius 3 is 2.52 bits per heavy atom. The van der Waals surface area contributed by atoms with E-state index in [1.54, 1.807) is 6.08 Å². The molecule has 1 rings (SSSR count). The number of Topliss-reactive ketones (excluding diaryl/α,β-unsaturated/α-hetero) is 1. The fourth-order valence-corrected chi connectivity index (χ4v) is 2.57. The highest BCUT2D eigenvalue weighted by atomic mass is 16.5. The molecule has 1 N–H and O–H groups in total. The number of allylic oxidation sites excluding steroid dienone is 1. The third kappa shape index (κ3) is 6.27. The van der Waals surface area contributed by atoms with Crippen LogP contribution >= 0.6 is 0 Å². The van der Waals surface area contributed by atoms with Crippen molar-refractivity contribution in [2.45, 2.75) is 59.4 Å². The molecule has 0 aromatic heterocycles. The Morgan fingerprint density at radius 2 is 1.92 bits per heavy atom. The first-order chi connectivity index (χ1) is 11.7. The van der Waals surface area contributed by atoms with Gasteiger partial charge in [-0.15, -0.1) is 0 Å². The number of aliphatic hydroxyl groups is 1. The lowest BCUT2D eigenvalue weighted by Crippen LogP contribution is -2.53. The van der Waals surface area contributed by atoms with E-state index in [9.17, 15) is 19.5 Å². The number of rotatable bonds is 8. The molecule has 0 unspecified atom stereocenters. The normalized spacial score (nSPS) is 18.6. The van der Waals surface area contributed by atoms with Gasteiger partial charge in [-0.1, -0.05) is 39.8 Å². The summed E-state index contributed by atoms with van der Waals surface area (Å²) in [6, 6.07) is -0.724. The van der Waals surface area contributed by atoms with E-state index in [0.29, 0.717) is 18.9 Å². The van der Waals surface area contributed by atoms with Gasteiger partial charge in [-0.2, -0.15) is 0 Å². The quantitative estimate of drug-likeness (QED) is 0.410. The van der Waals surface area contributed by atoms with Gasteiger partial charge in [0, 0.05) is 6.54 Å². The van der Waals surface area contributed by atoms with Crippen LogP contribution in [0.5, 0.6) is 0 Å². The Kier molecular flexibility index (Phi) is 8.29. The molecular weight excluding hydrogens is 322 g/mol. The van der Waals surface area contributed by atoms with Crippen LogP contribution in [0.1, 0.15) is 53.4 Å². The summed E-state index contributed by atoms with van der Waals surface area (Å²) >= 11 is 0. The number of aliphatic hydroxyl groups excluding tert-OH is 1. The van der Waals surface area contributed by atoms with Crippen molar-refractivity contribution >= 4 is 17.7 Å². The van der Waals surface area contributed by atoms with Gasteiger partial charge >= 0.3 is 5.97 Å². The molecule has 142 valence electrons. The lowest BCUT2D eigenvalue weighted by molar-refractivity contribution is -0.160. The first kappa shape index (κ1) is 21.4. The summed E-state index contributed by atoms with van der Waals surface area (Å²) < 4.78 is 5.26. The molecule has 1 aliphatic rings. The van der Waals surface area contributed by atoms with Crippen LogP contribution < -0.4 is 0 Å². The summed E-state index contributed by atoms with van der Waals surface area (Å²) in [7, 11) is 0. The first-order valence-electron chi connectivity index (χ1n) is 8.98. The Labute approximate surface area is 150 Å². The van der Waals surface area contributed by atoms with Crippen molar-refractivity contribution < 1.29 is 24.2 Å². The molecule has 0 aromatic rings. The zero-order valence-corrected chi connectivity index (χ0v) is 15.8. The summed E-state index contributed by atoms with van der Waals surface area (Å²) in [6.45, 7) is 7.35. The van der Waals surface area contributed by atoms with Crippen LogP contribution in [-0.2, 0) is 19.1 Å². The van der Waals surface area contributed by atoms with Gasteiger partial charge in [-0.05, 0) is 31.6 Å². The molecule has 1 saturated heterocycles. The van der Waals surface area contributed by atoms with E-state index in [1.807, 2.05) is 6.08 Å². The maximum Gasteiger partial charge on any atom is 0.329 e. The van der Waals surface area contributed by atoms with Gasteiger partial charge in [0.1, 0.15) is 12.6 Å². The smallest absolute Gasteiger partial charge is 0.329 e. The van der Waals surface area contributed by atoms with Gasteiger partial charge in [0.15, 0.2) is 0 Å². The lowest BCUT2D eigenvalue weighted by Gasteiger charge is -2.35. The first-order valence-corrected chi connectivity index (χ1v) is 8.98. The molecule has 0 aromatic carbocycles. The molecule has 1 amide bonds. The highest BCUT2D eigenvalue weighted by Gasteiger charge is 2.40. The minimum atomic E-state index is -1.15. The highest BCUT2D eigenvalue weighted by Crippen LogP contribution is 2.23. The summed E-state index contributed by atoms with van der Waals surface area (Å²) in [5, 5.41) is 9.30. The maximum atomic E-state index is 12.5. The monoisotopic (exact) mass is 353 g/mol. The van der Waals surface area contributed by atoms with E-state index >= 15 is 0 Å². The topological polar surface area (TPSA) is 83.9 Å². The van der Waals surface area contributed by atoms with E-state index in [2.05, 4.69) is 13.8 Å². The number of nitrogens with zero attached hydrogens (tertiary/aromatic N) is 1.